The standard InChI is InChI=1S/C16H11N3O4S2/c1-9(15(20)21)7-10-8-11(19(22)23)4-5-13(10)24-16-18-12-3-2-6-17-14(12)25-16/h2-8H,1H3,(H,20,21)/b9-7+. The molecule has 0 spiro atoms. The van der Waals surface area contributed by atoms with Crippen molar-refractivity contribution in [3.8, 4) is 0 Å². The van der Waals surface area contributed by atoms with E-state index in [4.69, 9.17) is 5.11 Å². The summed E-state index contributed by atoms with van der Waals surface area (Å²) in [5.41, 5.74) is 1.23. The SMILES string of the molecule is C/C(=C\c1cc([N+](=O)[O-])ccc1Sc1nc2cccnc2s1)C(=O)O. The number of non-ortho nitro benzene ring substituents is 1. The monoisotopic (exact) mass is 373 g/mol. The lowest BCUT2D eigenvalue weighted by atomic mass is 10.1. The second-order valence-corrected chi connectivity index (χ2v) is 7.29. The van der Waals surface area contributed by atoms with E-state index in [1.807, 2.05) is 6.07 Å². The van der Waals surface area contributed by atoms with Crippen molar-refractivity contribution in [3.63, 3.8) is 0 Å². The van der Waals surface area contributed by atoms with Crippen LogP contribution in [0.4, 0.5) is 5.69 Å². The Hall–Kier alpha value is -2.78. The van der Waals surface area contributed by atoms with Crippen LogP contribution in [0.2, 0.25) is 0 Å². The van der Waals surface area contributed by atoms with Crippen LogP contribution >= 0.6 is 23.1 Å². The molecule has 0 saturated carbocycles. The molecule has 126 valence electrons. The van der Waals surface area contributed by atoms with E-state index in [1.165, 1.54) is 48.2 Å². The van der Waals surface area contributed by atoms with Gasteiger partial charge in [0, 0.05) is 28.8 Å². The molecule has 1 N–H and O–H groups in total. The van der Waals surface area contributed by atoms with Gasteiger partial charge in [-0.15, -0.1) is 0 Å². The maximum atomic E-state index is 11.1. The number of fused-ring (bicyclic) bond motifs is 1. The summed E-state index contributed by atoms with van der Waals surface area (Å²) in [5.74, 6) is -1.08. The molecule has 3 aromatic rings. The average Bonchev–Trinajstić information content (AvgIpc) is 2.98. The fourth-order valence-corrected chi connectivity index (χ4v) is 4.06. The summed E-state index contributed by atoms with van der Waals surface area (Å²) in [6.45, 7) is 1.44. The average molecular weight is 373 g/mol. The Bertz CT molecular complexity index is 981. The van der Waals surface area contributed by atoms with Gasteiger partial charge in [-0.05, 0) is 36.8 Å². The molecule has 0 bridgehead atoms. The van der Waals surface area contributed by atoms with E-state index in [0.29, 0.717) is 10.5 Å². The highest BCUT2D eigenvalue weighted by Crippen LogP contribution is 2.37. The molecule has 0 atom stereocenters. The fourth-order valence-electron chi connectivity index (χ4n) is 2.04. The van der Waals surface area contributed by atoms with Crippen LogP contribution < -0.4 is 0 Å². The first-order chi connectivity index (χ1) is 11.9. The molecule has 9 heteroatoms. The van der Waals surface area contributed by atoms with Gasteiger partial charge in [0.05, 0.1) is 4.92 Å². The molecule has 0 unspecified atom stereocenters. The fraction of sp³-hybridized carbons (Fsp3) is 0.0625. The predicted octanol–water partition coefficient (Wildman–Crippen LogP) is 4.24. The maximum Gasteiger partial charge on any atom is 0.331 e. The summed E-state index contributed by atoms with van der Waals surface area (Å²) in [5, 5.41) is 20.1. The zero-order valence-corrected chi connectivity index (χ0v) is 14.5. The van der Waals surface area contributed by atoms with Crippen LogP contribution in [0.5, 0.6) is 0 Å². The highest BCUT2D eigenvalue weighted by molar-refractivity contribution is 8.01. The van der Waals surface area contributed by atoms with Gasteiger partial charge >= 0.3 is 5.97 Å². The Morgan fingerprint density at radius 1 is 1.40 bits per heavy atom. The first-order valence-electron chi connectivity index (χ1n) is 7.03. The van der Waals surface area contributed by atoms with Crippen LogP contribution in [0.15, 0.2) is 51.3 Å². The summed E-state index contributed by atoms with van der Waals surface area (Å²) in [6.07, 6.45) is 3.11. The number of benzene rings is 1. The van der Waals surface area contributed by atoms with E-state index < -0.39 is 10.9 Å². The topological polar surface area (TPSA) is 106 Å². The van der Waals surface area contributed by atoms with Crippen LogP contribution in [0.3, 0.4) is 0 Å². The van der Waals surface area contributed by atoms with Gasteiger partial charge in [-0.3, -0.25) is 10.1 Å². The van der Waals surface area contributed by atoms with Crippen molar-refractivity contribution in [2.75, 3.05) is 0 Å². The van der Waals surface area contributed by atoms with Crippen LogP contribution in [-0.4, -0.2) is 26.0 Å². The molecule has 0 saturated heterocycles. The van der Waals surface area contributed by atoms with Crippen LogP contribution in [0.1, 0.15) is 12.5 Å². The summed E-state index contributed by atoms with van der Waals surface area (Å²) in [6, 6.07) is 8.01. The molecule has 1 aromatic carbocycles. The Balaban J connectivity index is 2.03. The number of rotatable bonds is 5. The van der Waals surface area contributed by atoms with E-state index in [2.05, 4.69) is 9.97 Å². The summed E-state index contributed by atoms with van der Waals surface area (Å²) in [4.78, 5) is 31.8. The normalized spacial score (nSPS) is 11.6. The van der Waals surface area contributed by atoms with E-state index in [0.717, 1.165) is 14.7 Å². The van der Waals surface area contributed by atoms with Crippen LogP contribution in [0, 0.1) is 10.1 Å². The summed E-state index contributed by atoms with van der Waals surface area (Å²) in [7, 11) is 0. The van der Waals surface area contributed by atoms with Gasteiger partial charge in [-0.2, -0.15) is 0 Å². The number of carboxylic acid groups (broad SMARTS) is 1. The predicted molar refractivity (Wildman–Crippen MR) is 95.9 cm³/mol. The summed E-state index contributed by atoms with van der Waals surface area (Å²) < 4.78 is 0.727. The van der Waals surface area contributed by atoms with Crippen molar-refractivity contribution >= 4 is 51.2 Å². The van der Waals surface area contributed by atoms with Gasteiger partial charge < -0.3 is 5.11 Å². The zero-order valence-electron chi connectivity index (χ0n) is 12.9. The Morgan fingerprint density at radius 2 is 2.20 bits per heavy atom. The molecule has 0 radical (unpaired) electrons. The number of hydrogen-bond donors (Lipinski definition) is 1. The Kier molecular flexibility index (Phi) is 4.77. The van der Waals surface area contributed by atoms with Gasteiger partial charge in [0.25, 0.3) is 5.69 Å². The lowest BCUT2D eigenvalue weighted by Crippen LogP contribution is -1.96. The van der Waals surface area contributed by atoms with Crippen molar-refractivity contribution in [3.05, 3.63) is 57.8 Å². The molecule has 0 aliphatic heterocycles. The first-order valence-corrected chi connectivity index (χ1v) is 8.67. The number of nitro benzene ring substituents is 1. The van der Waals surface area contributed by atoms with Gasteiger partial charge in [-0.1, -0.05) is 23.1 Å². The lowest BCUT2D eigenvalue weighted by molar-refractivity contribution is -0.384. The molecular weight excluding hydrogens is 362 g/mol. The van der Waals surface area contributed by atoms with Crippen molar-refractivity contribution in [1.82, 2.24) is 9.97 Å². The smallest absolute Gasteiger partial charge is 0.331 e. The van der Waals surface area contributed by atoms with Crippen molar-refractivity contribution in [2.24, 2.45) is 0 Å². The molecule has 2 aromatic heterocycles. The third kappa shape index (κ3) is 3.83. The number of carboxylic acids is 1. The quantitative estimate of drug-likeness (QED) is 0.405. The zero-order chi connectivity index (χ0) is 18.0. The van der Waals surface area contributed by atoms with Gasteiger partial charge in [-0.25, -0.2) is 14.8 Å². The maximum absolute atomic E-state index is 11.1. The lowest BCUT2D eigenvalue weighted by Gasteiger charge is -2.05. The number of carbonyl (C=O) groups is 1. The minimum Gasteiger partial charge on any atom is -0.478 e. The minimum atomic E-state index is -1.08. The number of nitro groups is 1. The largest absolute Gasteiger partial charge is 0.478 e. The highest BCUT2D eigenvalue weighted by atomic mass is 32.2. The molecule has 0 aliphatic carbocycles. The number of thiazole rings is 1. The molecule has 0 amide bonds. The minimum absolute atomic E-state index is 0.0910. The van der Waals surface area contributed by atoms with E-state index in [9.17, 15) is 14.9 Å². The second-order valence-electron chi connectivity index (χ2n) is 5.02. The first kappa shape index (κ1) is 17.1. The van der Waals surface area contributed by atoms with E-state index in [1.54, 1.807) is 18.3 Å². The van der Waals surface area contributed by atoms with Crippen molar-refractivity contribution in [1.29, 1.82) is 0 Å². The molecule has 3 rings (SSSR count). The molecule has 2 heterocycles. The van der Waals surface area contributed by atoms with Gasteiger partial charge in [0.2, 0.25) is 0 Å². The third-order valence-corrected chi connectivity index (χ3v) is 5.39. The highest BCUT2D eigenvalue weighted by Gasteiger charge is 2.14. The van der Waals surface area contributed by atoms with E-state index in [-0.39, 0.29) is 11.3 Å². The van der Waals surface area contributed by atoms with Crippen LogP contribution in [-0.2, 0) is 4.79 Å². The number of nitrogens with zero attached hydrogens (tertiary/aromatic N) is 3. The number of pyridine rings is 1. The van der Waals surface area contributed by atoms with Crippen molar-refractivity contribution < 1.29 is 14.8 Å². The van der Waals surface area contributed by atoms with Gasteiger partial charge in [0.15, 0.2) is 4.34 Å². The van der Waals surface area contributed by atoms with Crippen LogP contribution in [0.25, 0.3) is 16.4 Å². The second kappa shape index (κ2) is 6.99. The molecular formula is C16H11N3O4S2. The van der Waals surface area contributed by atoms with Gasteiger partial charge in [0.1, 0.15) is 10.3 Å². The molecule has 7 nitrogen and oxygen atoms in total. The number of aromatic nitrogens is 2. The van der Waals surface area contributed by atoms with E-state index >= 15 is 0 Å². The van der Waals surface area contributed by atoms with Crippen molar-refractivity contribution in [2.45, 2.75) is 16.2 Å². The molecule has 0 fully saturated rings. The Morgan fingerprint density at radius 3 is 2.88 bits per heavy atom. The Labute approximate surface area is 150 Å². The third-order valence-electron chi connectivity index (χ3n) is 3.26. The molecule has 25 heavy (non-hydrogen) atoms. The summed E-state index contributed by atoms with van der Waals surface area (Å²) >= 11 is 2.73. The number of hydrogen-bond acceptors (Lipinski definition) is 7. The number of aliphatic carboxylic acids is 1. The molecule has 0 aliphatic rings.